The Kier molecular flexibility index (Phi) is 1.83. The van der Waals surface area contributed by atoms with E-state index in [0.29, 0.717) is 0 Å². The standard InChI is InChI=1S/C9H11BrN2/c1-7-9(3-2-4-9)12-6-8(10)5-11-7/h5-6,11H,1-4H2. The van der Waals surface area contributed by atoms with E-state index in [-0.39, 0.29) is 5.54 Å². The SMILES string of the molecule is C=C1NC=C(Br)C=NC12CCC2. The molecule has 12 heavy (non-hydrogen) atoms. The topological polar surface area (TPSA) is 24.4 Å². The second-order valence-corrected chi connectivity index (χ2v) is 4.21. The van der Waals surface area contributed by atoms with Crippen LogP contribution in [0.25, 0.3) is 0 Å². The lowest BCUT2D eigenvalue weighted by Crippen LogP contribution is -2.40. The normalized spacial score (nSPS) is 25.8. The van der Waals surface area contributed by atoms with Gasteiger partial charge in [0, 0.05) is 18.1 Å². The van der Waals surface area contributed by atoms with Gasteiger partial charge in [-0.1, -0.05) is 6.58 Å². The highest BCUT2D eigenvalue weighted by Crippen LogP contribution is 2.41. The Morgan fingerprint density at radius 2 is 2.33 bits per heavy atom. The predicted molar refractivity (Wildman–Crippen MR) is 54.4 cm³/mol. The highest BCUT2D eigenvalue weighted by Gasteiger charge is 2.39. The van der Waals surface area contributed by atoms with Gasteiger partial charge in [-0.05, 0) is 35.2 Å². The Bertz CT molecular complexity index is 274. The summed E-state index contributed by atoms with van der Waals surface area (Å²) in [5, 5.41) is 3.16. The van der Waals surface area contributed by atoms with Crippen LogP contribution in [0.5, 0.6) is 0 Å². The van der Waals surface area contributed by atoms with Gasteiger partial charge in [-0.25, -0.2) is 0 Å². The number of hydrogen-bond donors (Lipinski definition) is 1. The van der Waals surface area contributed by atoms with Gasteiger partial charge in [-0.2, -0.15) is 0 Å². The van der Waals surface area contributed by atoms with Crippen LogP contribution in [0, 0.1) is 0 Å². The fraction of sp³-hybridized carbons (Fsp3) is 0.444. The molecule has 3 heteroatoms. The molecule has 0 unspecified atom stereocenters. The summed E-state index contributed by atoms with van der Waals surface area (Å²) >= 11 is 3.38. The molecule has 0 aromatic carbocycles. The van der Waals surface area contributed by atoms with Crippen LogP contribution in [0.3, 0.4) is 0 Å². The van der Waals surface area contributed by atoms with Gasteiger partial charge in [0.05, 0.1) is 10.0 Å². The fourth-order valence-corrected chi connectivity index (χ4v) is 1.75. The summed E-state index contributed by atoms with van der Waals surface area (Å²) in [7, 11) is 0. The lowest BCUT2D eigenvalue weighted by molar-refractivity contribution is 0.295. The molecule has 0 amide bonds. The third kappa shape index (κ3) is 1.12. The first-order valence-corrected chi connectivity index (χ1v) is 4.89. The molecule has 1 heterocycles. The first kappa shape index (κ1) is 8.05. The van der Waals surface area contributed by atoms with Crippen LogP contribution in [0.1, 0.15) is 19.3 Å². The Labute approximate surface area is 80.6 Å². The maximum absolute atomic E-state index is 4.52. The van der Waals surface area contributed by atoms with Gasteiger partial charge >= 0.3 is 0 Å². The van der Waals surface area contributed by atoms with Crippen molar-refractivity contribution >= 4 is 22.1 Å². The first-order valence-electron chi connectivity index (χ1n) is 4.10. The van der Waals surface area contributed by atoms with Gasteiger partial charge in [0.15, 0.2) is 0 Å². The Hall–Kier alpha value is -0.570. The van der Waals surface area contributed by atoms with Crippen molar-refractivity contribution in [2.45, 2.75) is 24.8 Å². The van der Waals surface area contributed by atoms with Crippen molar-refractivity contribution in [3.05, 3.63) is 23.0 Å². The number of rotatable bonds is 0. The van der Waals surface area contributed by atoms with Gasteiger partial charge in [-0.15, -0.1) is 0 Å². The molecular formula is C9H11BrN2. The molecule has 0 atom stereocenters. The lowest BCUT2D eigenvalue weighted by atomic mass is 9.75. The zero-order valence-corrected chi connectivity index (χ0v) is 8.39. The Balaban J connectivity index is 2.27. The van der Waals surface area contributed by atoms with Crippen molar-refractivity contribution in [1.82, 2.24) is 5.32 Å². The molecule has 1 saturated carbocycles. The molecule has 0 aromatic rings. The van der Waals surface area contributed by atoms with Gasteiger partial charge in [0.1, 0.15) is 0 Å². The van der Waals surface area contributed by atoms with Crippen LogP contribution in [0.2, 0.25) is 0 Å². The number of nitrogens with zero attached hydrogens (tertiary/aromatic N) is 1. The summed E-state index contributed by atoms with van der Waals surface area (Å²) in [5.74, 6) is 0. The third-order valence-electron chi connectivity index (χ3n) is 2.56. The molecule has 0 radical (unpaired) electrons. The van der Waals surface area contributed by atoms with E-state index < -0.39 is 0 Å². The van der Waals surface area contributed by atoms with Crippen LogP contribution < -0.4 is 5.32 Å². The van der Waals surface area contributed by atoms with Gasteiger partial charge in [0.2, 0.25) is 0 Å². The number of hydrogen-bond acceptors (Lipinski definition) is 2. The average Bonchev–Trinajstić information content (AvgIpc) is 2.11. The summed E-state index contributed by atoms with van der Waals surface area (Å²) in [6.07, 6.45) is 7.27. The predicted octanol–water partition coefficient (Wildman–Crippen LogP) is 2.33. The van der Waals surface area contributed by atoms with Crippen molar-refractivity contribution in [2.75, 3.05) is 0 Å². The number of nitrogens with one attached hydrogen (secondary N) is 1. The molecule has 1 aliphatic carbocycles. The highest BCUT2D eigenvalue weighted by atomic mass is 79.9. The molecule has 0 saturated heterocycles. The molecule has 1 N–H and O–H groups in total. The van der Waals surface area contributed by atoms with Crippen LogP contribution in [0.15, 0.2) is 28.0 Å². The van der Waals surface area contributed by atoms with E-state index in [1.165, 1.54) is 6.42 Å². The molecule has 2 aliphatic rings. The molecule has 0 aromatic heterocycles. The van der Waals surface area contributed by atoms with Crippen molar-refractivity contribution in [1.29, 1.82) is 0 Å². The molecule has 0 bridgehead atoms. The highest BCUT2D eigenvalue weighted by molar-refractivity contribution is 9.12. The zero-order chi connectivity index (χ0) is 8.60. The quantitative estimate of drug-likeness (QED) is 0.674. The summed E-state index contributed by atoms with van der Waals surface area (Å²) in [6.45, 7) is 3.99. The lowest BCUT2D eigenvalue weighted by Gasteiger charge is -2.38. The molecule has 1 spiro atoms. The minimum absolute atomic E-state index is 0.00597. The van der Waals surface area contributed by atoms with Crippen LogP contribution in [-0.4, -0.2) is 11.8 Å². The zero-order valence-electron chi connectivity index (χ0n) is 6.81. The van der Waals surface area contributed by atoms with E-state index in [2.05, 4.69) is 32.8 Å². The number of aliphatic imine (C=N–C) groups is 1. The van der Waals surface area contributed by atoms with Crippen molar-refractivity contribution in [3.63, 3.8) is 0 Å². The van der Waals surface area contributed by atoms with E-state index in [0.717, 1.165) is 23.0 Å². The minimum atomic E-state index is 0.00597. The van der Waals surface area contributed by atoms with E-state index in [1.807, 2.05) is 12.4 Å². The van der Waals surface area contributed by atoms with Crippen molar-refractivity contribution < 1.29 is 0 Å². The molecular weight excluding hydrogens is 216 g/mol. The largest absolute Gasteiger partial charge is 0.362 e. The maximum Gasteiger partial charge on any atom is 0.0998 e. The second kappa shape index (κ2) is 2.73. The summed E-state index contributed by atoms with van der Waals surface area (Å²) in [5.41, 5.74) is 1.03. The molecule has 2 rings (SSSR count). The van der Waals surface area contributed by atoms with Gasteiger partial charge in [0.25, 0.3) is 0 Å². The Morgan fingerprint density at radius 1 is 1.58 bits per heavy atom. The molecule has 1 fully saturated rings. The van der Waals surface area contributed by atoms with Gasteiger partial charge in [-0.3, -0.25) is 4.99 Å². The summed E-state index contributed by atoms with van der Waals surface area (Å²) < 4.78 is 0.979. The first-order chi connectivity index (χ1) is 5.73. The summed E-state index contributed by atoms with van der Waals surface area (Å²) in [6, 6.07) is 0. The third-order valence-corrected chi connectivity index (χ3v) is 3.00. The Morgan fingerprint density at radius 3 is 2.92 bits per heavy atom. The van der Waals surface area contributed by atoms with Crippen LogP contribution in [-0.2, 0) is 0 Å². The smallest absolute Gasteiger partial charge is 0.0998 e. The van der Waals surface area contributed by atoms with Gasteiger partial charge < -0.3 is 5.32 Å². The van der Waals surface area contributed by atoms with Crippen molar-refractivity contribution in [3.8, 4) is 0 Å². The second-order valence-electron chi connectivity index (χ2n) is 3.30. The number of allylic oxidation sites excluding steroid dienone is 1. The fourth-order valence-electron chi connectivity index (χ4n) is 1.53. The molecule has 2 nitrogen and oxygen atoms in total. The van der Waals surface area contributed by atoms with Crippen LogP contribution >= 0.6 is 15.9 Å². The van der Waals surface area contributed by atoms with Crippen LogP contribution in [0.4, 0.5) is 0 Å². The number of halogens is 1. The molecule has 64 valence electrons. The molecule has 1 aliphatic heterocycles. The average molecular weight is 227 g/mol. The van der Waals surface area contributed by atoms with Crippen molar-refractivity contribution in [2.24, 2.45) is 4.99 Å². The van der Waals surface area contributed by atoms with E-state index in [9.17, 15) is 0 Å². The van der Waals surface area contributed by atoms with E-state index in [4.69, 9.17) is 0 Å². The summed E-state index contributed by atoms with van der Waals surface area (Å²) in [4.78, 5) is 4.52. The minimum Gasteiger partial charge on any atom is -0.362 e. The maximum atomic E-state index is 4.52. The monoisotopic (exact) mass is 226 g/mol. The van der Waals surface area contributed by atoms with E-state index in [1.54, 1.807) is 0 Å². The van der Waals surface area contributed by atoms with E-state index >= 15 is 0 Å².